The minimum atomic E-state index is -0.557. The summed E-state index contributed by atoms with van der Waals surface area (Å²) < 4.78 is 1.39. The summed E-state index contributed by atoms with van der Waals surface area (Å²) in [6, 6.07) is 0.935. The van der Waals surface area contributed by atoms with Gasteiger partial charge >= 0.3 is 0 Å². The molecule has 104 valence electrons. The minimum Gasteiger partial charge on any atom is -0.370 e. The Hall–Kier alpha value is -2.58. The molecule has 1 unspecified atom stereocenters. The first-order valence-corrected chi connectivity index (χ1v) is 5.49. The number of hydrogen-bond acceptors (Lipinski definition) is 4. The van der Waals surface area contributed by atoms with Gasteiger partial charge in [0.1, 0.15) is 5.69 Å². The zero-order chi connectivity index (χ0) is 14.6. The number of nitro groups is 1. The monoisotopic (exact) mass is 268 g/mol. The highest BCUT2D eigenvalue weighted by molar-refractivity contribution is 5.93. The molecule has 0 aliphatic rings. The predicted molar refractivity (Wildman–Crippen MR) is 69.7 cm³/mol. The lowest BCUT2D eigenvalue weighted by Gasteiger charge is -2.09. The summed E-state index contributed by atoms with van der Waals surface area (Å²) in [4.78, 5) is 25.7. The van der Waals surface area contributed by atoms with Crippen LogP contribution in [0.2, 0.25) is 0 Å². The van der Waals surface area contributed by atoms with Gasteiger partial charge in [0.25, 0.3) is 11.6 Å². The molecule has 0 saturated heterocycles. The summed E-state index contributed by atoms with van der Waals surface area (Å²) in [7, 11) is 1.56. The third-order valence-electron chi connectivity index (χ3n) is 2.36. The lowest BCUT2D eigenvalue weighted by molar-refractivity contribution is -0.384. The van der Waals surface area contributed by atoms with Gasteiger partial charge in [-0.05, 0) is 6.92 Å². The fourth-order valence-electron chi connectivity index (χ4n) is 1.50. The van der Waals surface area contributed by atoms with E-state index < -0.39 is 10.8 Å². The van der Waals surface area contributed by atoms with Gasteiger partial charge in [0.15, 0.2) is 5.96 Å². The van der Waals surface area contributed by atoms with Crippen LogP contribution in [0, 0.1) is 10.1 Å². The molecule has 1 aromatic heterocycles. The number of guanidine groups is 1. The lowest BCUT2D eigenvalue weighted by Crippen LogP contribution is -2.33. The molecule has 1 amide bonds. The molecule has 9 nitrogen and oxygen atoms in total. The highest BCUT2D eigenvalue weighted by Gasteiger charge is 2.17. The summed E-state index contributed by atoms with van der Waals surface area (Å²) in [5, 5.41) is 13.2. The second kappa shape index (κ2) is 5.85. The number of aliphatic imine (C=N–C) groups is 1. The number of rotatable bonds is 5. The SMILES string of the molecule is CC(CNC(=O)c1cc([N+](=O)[O-])cn1C)N=C(N)N. The third-order valence-corrected chi connectivity index (χ3v) is 2.36. The van der Waals surface area contributed by atoms with Crippen molar-refractivity contribution in [2.24, 2.45) is 23.5 Å². The summed E-state index contributed by atoms with van der Waals surface area (Å²) in [5.74, 6) is -0.482. The highest BCUT2D eigenvalue weighted by Crippen LogP contribution is 2.14. The van der Waals surface area contributed by atoms with E-state index in [4.69, 9.17) is 11.5 Å². The van der Waals surface area contributed by atoms with Crippen molar-refractivity contribution >= 4 is 17.6 Å². The van der Waals surface area contributed by atoms with Gasteiger partial charge in [0.2, 0.25) is 0 Å². The number of aryl methyl sites for hydroxylation is 1. The van der Waals surface area contributed by atoms with Crippen molar-refractivity contribution in [1.82, 2.24) is 9.88 Å². The number of nitrogens with two attached hydrogens (primary N) is 2. The van der Waals surface area contributed by atoms with E-state index in [2.05, 4.69) is 10.3 Å². The first kappa shape index (κ1) is 14.5. The van der Waals surface area contributed by atoms with Crippen LogP contribution in [-0.2, 0) is 7.05 Å². The zero-order valence-corrected chi connectivity index (χ0v) is 10.7. The number of hydrogen-bond donors (Lipinski definition) is 3. The molecule has 0 spiro atoms. The smallest absolute Gasteiger partial charge is 0.287 e. The summed E-state index contributed by atoms with van der Waals surface area (Å²) >= 11 is 0. The highest BCUT2D eigenvalue weighted by atomic mass is 16.6. The maximum absolute atomic E-state index is 11.8. The van der Waals surface area contributed by atoms with Gasteiger partial charge in [0.05, 0.1) is 17.2 Å². The first-order valence-electron chi connectivity index (χ1n) is 5.49. The summed E-state index contributed by atoms with van der Waals surface area (Å²) in [6.45, 7) is 1.96. The quantitative estimate of drug-likeness (QED) is 0.281. The molecule has 19 heavy (non-hydrogen) atoms. The molecule has 0 aliphatic carbocycles. The van der Waals surface area contributed by atoms with Gasteiger partial charge < -0.3 is 21.4 Å². The molecule has 1 rings (SSSR count). The molecule has 0 aromatic carbocycles. The Bertz CT molecular complexity index is 517. The number of carbonyl (C=O) groups excluding carboxylic acids is 1. The average Bonchev–Trinajstić information content (AvgIpc) is 2.67. The second-order valence-corrected chi connectivity index (χ2v) is 4.06. The van der Waals surface area contributed by atoms with Gasteiger partial charge in [-0.3, -0.25) is 14.9 Å². The number of carbonyl (C=O) groups is 1. The molecule has 0 bridgehead atoms. The number of nitrogens with one attached hydrogen (secondary N) is 1. The van der Waals surface area contributed by atoms with Crippen LogP contribution < -0.4 is 16.8 Å². The van der Waals surface area contributed by atoms with Gasteiger partial charge in [-0.25, -0.2) is 4.99 Å². The Labute approximate surface area is 109 Å². The van der Waals surface area contributed by atoms with Gasteiger partial charge in [0, 0.05) is 19.7 Å². The molecule has 9 heteroatoms. The molecule has 1 heterocycles. The van der Waals surface area contributed by atoms with Gasteiger partial charge in [-0.15, -0.1) is 0 Å². The maximum Gasteiger partial charge on any atom is 0.287 e. The molecule has 0 aliphatic heterocycles. The molecule has 1 aromatic rings. The van der Waals surface area contributed by atoms with Crippen molar-refractivity contribution in [3.05, 3.63) is 28.1 Å². The van der Waals surface area contributed by atoms with Gasteiger partial charge in [-0.1, -0.05) is 0 Å². The van der Waals surface area contributed by atoms with Crippen molar-refractivity contribution in [3.63, 3.8) is 0 Å². The van der Waals surface area contributed by atoms with Crippen LogP contribution in [0.4, 0.5) is 5.69 Å². The fraction of sp³-hybridized carbons (Fsp3) is 0.400. The molecule has 0 saturated carbocycles. The van der Waals surface area contributed by atoms with E-state index in [-0.39, 0.29) is 29.9 Å². The average molecular weight is 268 g/mol. The Morgan fingerprint density at radius 3 is 2.74 bits per heavy atom. The van der Waals surface area contributed by atoms with E-state index in [1.807, 2.05) is 0 Å². The van der Waals surface area contributed by atoms with Gasteiger partial charge in [-0.2, -0.15) is 0 Å². The number of amides is 1. The molecular formula is C10H16N6O3. The minimum absolute atomic E-state index is 0.0590. The van der Waals surface area contributed by atoms with Crippen LogP contribution >= 0.6 is 0 Å². The van der Waals surface area contributed by atoms with E-state index in [1.54, 1.807) is 14.0 Å². The Balaban J connectivity index is 2.69. The summed E-state index contributed by atoms with van der Waals surface area (Å²) in [6.07, 6.45) is 1.27. The van der Waals surface area contributed by atoms with Crippen molar-refractivity contribution in [2.75, 3.05) is 6.54 Å². The number of nitrogens with zero attached hydrogens (tertiary/aromatic N) is 3. The zero-order valence-electron chi connectivity index (χ0n) is 10.7. The van der Waals surface area contributed by atoms with Crippen LogP contribution in [-0.4, -0.2) is 33.9 Å². The second-order valence-electron chi connectivity index (χ2n) is 4.06. The molecule has 5 N–H and O–H groups in total. The molecule has 0 fully saturated rings. The van der Waals surface area contributed by atoms with E-state index in [1.165, 1.54) is 16.8 Å². The first-order chi connectivity index (χ1) is 8.81. The van der Waals surface area contributed by atoms with Crippen molar-refractivity contribution < 1.29 is 9.72 Å². The van der Waals surface area contributed by atoms with Crippen molar-refractivity contribution in [1.29, 1.82) is 0 Å². The van der Waals surface area contributed by atoms with Crippen molar-refractivity contribution in [3.8, 4) is 0 Å². The van der Waals surface area contributed by atoms with E-state index >= 15 is 0 Å². The van der Waals surface area contributed by atoms with E-state index in [0.29, 0.717) is 0 Å². The van der Waals surface area contributed by atoms with E-state index in [9.17, 15) is 14.9 Å². The van der Waals surface area contributed by atoms with Crippen LogP contribution in [0.15, 0.2) is 17.3 Å². The Kier molecular flexibility index (Phi) is 4.46. The predicted octanol–water partition coefficient (Wildman–Crippen LogP) is -0.675. The summed E-state index contributed by atoms with van der Waals surface area (Å²) in [5.41, 5.74) is 10.5. The topological polar surface area (TPSA) is 142 Å². The third kappa shape index (κ3) is 3.98. The lowest BCUT2D eigenvalue weighted by atomic mass is 10.3. The van der Waals surface area contributed by atoms with Crippen LogP contribution in [0.25, 0.3) is 0 Å². The standard InChI is InChI=1S/C10H16N6O3/c1-6(14-10(11)12)4-13-9(17)8-3-7(16(18)19)5-15(8)2/h3,5-6H,4H2,1-2H3,(H,13,17)(H4,11,12,14). The fourth-order valence-corrected chi connectivity index (χ4v) is 1.50. The molecule has 0 radical (unpaired) electrons. The largest absolute Gasteiger partial charge is 0.370 e. The van der Waals surface area contributed by atoms with Crippen LogP contribution in [0.1, 0.15) is 17.4 Å². The van der Waals surface area contributed by atoms with Crippen molar-refractivity contribution in [2.45, 2.75) is 13.0 Å². The Morgan fingerprint density at radius 1 is 1.63 bits per heavy atom. The molecular weight excluding hydrogens is 252 g/mol. The number of aromatic nitrogens is 1. The van der Waals surface area contributed by atoms with Crippen LogP contribution in [0.3, 0.4) is 0 Å². The Morgan fingerprint density at radius 2 is 2.26 bits per heavy atom. The normalized spacial score (nSPS) is 11.7. The maximum atomic E-state index is 11.8. The molecule has 1 atom stereocenters. The van der Waals surface area contributed by atoms with E-state index in [0.717, 1.165) is 0 Å². The van der Waals surface area contributed by atoms with Crippen LogP contribution in [0.5, 0.6) is 0 Å².